The van der Waals surface area contributed by atoms with E-state index in [2.05, 4.69) is 10.4 Å². The molecule has 0 fully saturated rings. The first-order valence-electron chi connectivity index (χ1n) is 5.31. The van der Waals surface area contributed by atoms with E-state index in [4.69, 9.17) is 5.11 Å². The lowest BCUT2D eigenvalue weighted by Crippen LogP contribution is -2.34. The Kier molecular flexibility index (Phi) is 3.17. The van der Waals surface area contributed by atoms with Gasteiger partial charge >= 0.3 is 5.69 Å². The third-order valence-electron chi connectivity index (χ3n) is 2.57. The maximum atomic E-state index is 11.8. The number of aryl methyl sites for hydroxylation is 1. The minimum Gasteiger partial charge on any atom is -0.396 e. The van der Waals surface area contributed by atoms with Gasteiger partial charge < -0.3 is 10.4 Å². The summed E-state index contributed by atoms with van der Waals surface area (Å²) < 4.78 is 3.22. The Labute approximate surface area is 87.5 Å². The third kappa shape index (κ3) is 2.10. The highest BCUT2D eigenvalue weighted by Crippen LogP contribution is 1.99. The van der Waals surface area contributed by atoms with Crippen LogP contribution in [0.4, 0.5) is 0 Å². The Bertz CT molecular complexity index is 382. The van der Waals surface area contributed by atoms with Crippen LogP contribution in [0, 0.1) is 0 Å². The normalized spacial score (nSPS) is 15.3. The van der Waals surface area contributed by atoms with Crippen LogP contribution in [-0.4, -0.2) is 32.6 Å². The van der Waals surface area contributed by atoms with E-state index < -0.39 is 0 Å². The minimum atomic E-state index is -0.0237. The summed E-state index contributed by atoms with van der Waals surface area (Å²) in [5.74, 6) is 0.815. The van der Waals surface area contributed by atoms with Crippen molar-refractivity contribution < 1.29 is 5.11 Å². The summed E-state index contributed by atoms with van der Waals surface area (Å²) in [6, 6.07) is 0. The molecule has 0 atom stereocenters. The zero-order valence-corrected chi connectivity index (χ0v) is 8.65. The van der Waals surface area contributed by atoms with E-state index in [9.17, 15) is 4.79 Å². The number of fused-ring (bicyclic) bond motifs is 1. The highest BCUT2D eigenvalue weighted by Gasteiger charge is 2.15. The van der Waals surface area contributed by atoms with Gasteiger partial charge in [-0.15, -0.1) is 0 Å². The lowest BCUT2D eigenvalue weighted by Gasteiger charge is -2.11. The molecular weight excluding hydrogens is 196 g/mol. The predicted molar refractivity (Wildman–Crippen MR) is 54.5 cm³/mol. The first-order chi connectivity index (χ1) is 7.33. The van der Waals surface area contributed by atoms with Gasteiger partial charge in [0.1, 0.15) is 5.82 Å². The molecule has 0 aliphatic carbocycles. The molecule has 0 radical (unpaired) electrons. The molecule has 0 unspecified atom stereocenters. The van der Waals surface area contributed by atoms with Gasteiger partial charge in [-0.05, 0) is 12.8 Å². The van der Waals surface area contributed by atoms with Crippen LogP contribution in [0.15, 0.2) is 4.79 Å². The molecule has 1 aliphatic rings. The molecule has 0 aromatic carbocycles. The Morgan fingerprint density at radius 3 is 3.07 bits per heavy atom. The van der Waals surface area contributed by atoms with Crippen LogP contribution < -0.4 is 11.0 Å². The summed E-state index contributed by atoms with van der Waals surface area (Å²) in [6.45, 7) is 2.97. The van der Waals surface area contributed by atoms with Crippen LogP contribution in [0.1, 0.15) is 18.7 Å². The Hall–Kier alpha value is -1.14. The number of rotatable bonds is 4. The third-order valence-corrected chi connectivity index (χ3v) is 2.57. The molecule has 6 nitrogen and oxygen atoms in total. The largest absolute Gasteiger partial charge is 0.396 e. The van der Waals surface area contributed by atoms with Gasteiger partial charge in [0.15, 0.2) is 0 Å². The van der Waals surface area contributed by atoms with Crippen molar-refractivity contribution in [1.82, 2.24) is 19.7 Å². The minimum absolute atomic E-state index is 0.0237. The summed E-state index contributed by atoms with van der Waals surface area (Å²) in [4.78, 5) is 11.8. The Morgan fingerprint density at radius 2 is 2.33 bits per heavy atom. The van der Waals surface area contributed by atoms with Gasteiger partial charge in [-0.3, -0.25) is 4.57 Å². The molecule has 0 saturated heterocycles. The van der Waals surface area contributed by atoms with Crippen molar-refractivity contribution in [3.05, 3.63) is 16.3 Å². The van der Waals surface area contributed by atoms with E-state index in [0.717, 1.165) is 18.8 Å². The monoisotopic (exact) mass is 212 g/mol. The molecule has 0 saturated carbocycles. The fourth-order valence-electron chi connectivity index (χ4n) is 1.75. The SMILES string of the molecule is O=c1n(CCCCO)nc2n1CCNC2. The molecule has 2 rings (SSSR count). The molecule has 0 amide bonds. The lowest BCUT2D eigenvalue weighted by molar-refractivity contribution is 0.279. The van der Waals surface area contributed by atoms with E-state index in [-0.39, 0.29) is 12.3 Å². The second kappa shape index (κ2) is 4.59. The fourth-order valence-corrected chi connectivity index (χ4v) is 1.75. The Morgan fingerprint density at radius 1 is 1.47 bits per heavy atom. The van der Waals surface area contributed by atoms with Gasteiger partial charge in [0, 0.05) is 26.2 Å². The summed E-state index contributed by atoms with van der Waals surface area (Å²) in [5.41, 5.74) is -0.0237. The average Bonchev–Trinajstić information content (AvgIpc) is 2.57. The number of unbranched alkanes of at least 4 members (excludes halogenated alkanes) is 1. The van der Waals surface area contributed by atoms with Gasteiger partial charge in [0.25, 0.3) is 0 Å². The predicted octanol–water partition coefficient (Wildman–Crippen LogP) is -1.08. The number of aliphatic hydroxyl groups is 1. The van der Waals surface area contributed by atoms with E-state index in [1.807, 2.05) is 0 Å². The smallest absolute Gasteiger partial charge is 0.345 e. The quantitative estimate of drug-likeness (QED) is 0.623. The molecule has 0 bridgehead atoms. The second-order valence-electron chi connectivity index (χ2n) is 3.68. The molecular formula is C9H16N4O2. The summed E-state index contributed by atoms with van der Waals surface area (Å²) in [5, 5.41) is 16.1. The maximum Gasteiger partial charge on any atom is 0.345 e. The first-order valence-corrected chi connectivity index (χ1v) is 5.31. The molecule has 2 heterocycles. The maximum absolute atomic E-state index is 11.8. The molecule has 1 aromatic rings. The van der Waals surface area contributed by atoms with Crippen LogP contribution in [0.3, 0.4) is 0 Å². The van der Waals surface area contributed by atoms with Crippen LogP contribution in [0.5, 0.6) is 0 Å². The molecule has 6 heteroatoms. The number of hydrogen-bond donors (Lipinski definition) is 2. The number of aliphatic hydroxyl groups excluding tert-OH is 1. The van der Waals surface area contributed by atoms with Crippen molar-refractivity contribution >= 4 is 0 Å². The zero-order chi connectivity index (χ0) is 10.7. The molecule has 15 heavy (non-hydrogen) atoms. The number of hydrogen-bond acceptors (Lipinski definition) is 4. The van der Waals surface area contributed by atoms with E-state index in [1.165, 1.54) is 4.68 Å². The van der Waals surface area contributed by atoms with Crippen molar-refractivity contribution in [1.29, 1.82) is 0 Å². The average molecular weight is 212 g/mol. The summed E-state index contributed by atoms with van der Waals surface area (Å²) >= 11 is 0. The van der Waals surface area contributed by atoms with Crippen molar-refractivity contribution in [3.63, 3.8) is 0 Å². The zero-order valence-electron chi connectivity index (χ0n) is 8.65. The topological polar surface area (TPSA) is 72.1 Å². The van der Waals surface area contributed by atoms with Crippen molar-refractivity contribution in [2.75, 3.05) is 13.2 Å². The van der Waals surface area contributed by atoms with Gasteiger partial charge in [-0.1, -0.05) is 0 Å². The molecule has 1 aromatic heterocycles. The Balaban J connectivity index is 2.11. The van der Waals surface area contributed by atoms with Gasteiger partial charge in [0.2, 0.25) is 0 Å². The van der Waals surface area contributed by atoms with Crippen molar-refractivity contribution in [3.8, 4) is 0 Å². The fraction of sp³-hybridized carbons (Fsp3) is 0.778. The molecule has 2 N–H and O–H groups in total. The van der Waals surface area contributed by atoms with Crippen LogP contribution in [0.2, 0.25) is 0 Å². The number of nitrogens with zero attached hydrogens (tertiary/aromatic N) is 3. The van der Waals surface area contributed by atoms with Gasteiger partial charge in [0.05, 0.1) is 6.54 Å². The van der Waals surface area contributed by atoms with Gasteiger partial charge in [-0.2, -0.15) is 5.10 Å². The van der Waals surface area contributed by atoms with Gasteiger partial charge in [-0.25, -0.2) is 9.48 Å². The number of aromatic nitrogens is 3. The summed E-state index contributed by atoms with van der Waals surface area (Å²) in [6.07, 6.45) is 1.51. The van der Waals surface area contributed by atoms with Crippen molar-refractivity contribution in [2.24, 2.45) is 0 Å². The second-order valence-corrected chi connectivity index (χ2v) is 3.68. The standard InChI is InChI=1S/C9H16N4O2/c14-6-2-1-4-13-9(15)12-5-3-10-7-8(12)11-13/h10,14H,1-7H2. The van der Waals surface area contributed by atoms with Crippen LogP contribution in [0.25, 0.3) is 0 Å². The highest BCUT2D eigenvalue weighted by molar-refractivity contribution is 4.90. The lowest BCUT2D eigenvalue weighted by atomic mass is 10.3. The van der Waals surface area contributed by atoms with Crippen LogP contribution in [-0.2, 0) is 19.6 Å². The van der Waals surface area contributed by atoms with Crippen molar-refractivity contribution in [2.45, 2.75) is 32.5 Å². The molecule has 0 spiro atoms. The van der Waals surface area contributed by atoms with Crippen LogP contribution >= 0.6 is 0 Å². The summed E-state index contributed by atoms with van der Waals surface area (Å²) in [7, 11) is 0. The molecule has 84 valence electrons. The van der Waals surface area contributed by atoms with E-state index in [1.54, 1.807) is 4.57 Å². The number of nitrogens with one attached hydrogen (secondary N) is 1. The first kappa shape index (κ1) is 10.4. The molecule has 1 aliphatic heterocycles. The highest BCUT2D eigenvalue weighted by atomic mass is 16.3. The van der Waals surface area contributed by atoms with E-state index in [0.29, 0.717) is 26.1 Å². The van der Waals surface area contributed by atoms with E-state index >= 15 is 0 Å².